The normalized spacial score (nSPS) is 10.8. The molecule has 0 aliphatic heterocycles. The van der Waals surface area contributed by atoms with E-state index in [1.807, 2.05) is 18.2 Å². The van der Waals surface area contributed by atoms with Crippen molar-refractivity contribution in [1.82, 2.24) is 0 Å². The van der Waals surface area contributed by atoms with E-state index in [4.69, 9.17) is 0 Å². The molecule has 0 saturated carbocycles. The Hall–Kier alpha value is -9.88. The van der Waals surface area contributed by atoms with E-state index in [0.717, 1.165) is 19.3 Å². The van der Waals surface area contributed by atoms with E-state index >= 15 is 0 Å². The average Bonchev–Trinajstić information content (AvgIpc) is 3.75. The second-order valence-corrected chi connectivity index (χ2v) is 22.3. The van der Waals surface area contributed by atoms with Crippen LogP contribution >= 0.6 is 0 Å². The maximum atomic E-state index is 2.31. The Morgan fingerprint density at radius 1 is 0.230 bits per heavy atom. The minimum atomic E-state index is 1.08. The second-order valence-electron chi connectivity index (χ2n) is 22.3. The molecule has 0 aromatic heterocycles. The predicted molar refractivity (Wildman–Crippen MR) is 380 cm³/mol. The Balaban J connectivity index is 0.000000184. The van der Waals surface area contributed by atoms with Gasteiger partial charge < -0.3 is 0 Å². The molecule has 0 aliphatic carbocycles. The molecule has 0 nitrogen and oxygen atoms in total. The zero-order valence-corrected chi connectivity index (χ0v) is 52.1. The van der Waals surface area contributed by atoms with Crippen LogP contribution in [0.15, 0.2) is 322 Å². The molecule has 87 heavy (non-hydrogen) atoms. The van der Waals surface area contributed by atoms with Gasteiger partial charge in [-0.15, -0.1) is 0 Å². The molecule has 0 radical (unpaired) electrons. The van der Waals surface area contributed by atoms with E-state index in [0.29, 0.717) is 0 Å². The summed E-state index contributed by atoms with van der Waals surface area (Å²) < 4.78 is 0. The Morgan fingerprint density at radius 2 is 0.448 bits per heavy atom. The molecular formula is C87H84. The van der Waals surface area contributed by atoms with Crippen molar-refractivity contribution in [2.45, 2.75) is 74.1 Å². The van der Waals surface area contributed by atoms with Gasteiger partial charge in [0.2, 0.25) is 0 Å². The number of hydrogen-bond acceptors (Lipinski definition) is 0. The minimum absolute atomic E-state index is 1.08. The molecule has 0 atom stereocenters. The lowest BCUT2D eigenvalue weighted by Gasteiger charge is -2.11. The SMILES string of the molecule is CCC.Cc1ccc(-c2ccc(CCCc3ccc(/C=C(\c4ccccc4)c4ccc(-c5ccccc5)cc4)cc3)cc2)cc1.Cc1ccc(/C=C(\c2ccccc2)c2ccc(-c3ccccc3)cc2)cc1.Cc1ccc(C)cc1.Cc1ccccc1. The van der Waals surface area contributed by atoms with E-state index < -0.39 is 0 Å². The molecule has 0 bridgehead atoms. The summed E-state index contributed by atoms with van der Waals surface area (Å²) in [7, 11) is 0. The van der Waals surface area contributed by atoms with Gasteiger partial charge in [0.15, 0.2) is 0 Å². The van der Waals surface area contributed by atoms with Crippen LogP contribution in [-0.2, 0) is 12.8 Å². The van der Waals surface area contributed by atoms with Crippen molar-refractivity contribution >= 4 is 23.3 Å². The van der Waals surface area contributed by atoms with Gasteiger partial charge in [-0.3, -0.25) is 0 Å². The van der Waals surface area contributed by atoms with Crippen molar-refractivity contribution in [2.75, 3.05) is 0 Å². The fourth-order valence-electron chi connectivity index (χ4n) is 9.90. The van der Waals surface area contributed by atoms with Gasteiger partial charge in [-0.25, -0.2) is 0 Å². The molecule has 12 rings (SSSR count). The lowest BCUT2D eigenvalue weighted by atomic mass is 9.93. The first-order valence-electron chi connectivity index (χ1n) is 30.8. The summed E-state index contributed by atoms with van der Waals surface area (Å²) in [5, 5.41) is 0. The number of aryl methyl sites for hydroxylation is 7. The summed E-state index contributed by atoms with van der Waals surface area (Å²) >= 11 is 0. The maximum absolute atomic E-state index is 2.31. The Morgan fingerprint density at radius 3 is 0.770 bits per heavy atom. The quantitative estimate of drug-likeness (QED) is 0.101. The van der Waals surface area contributed by atoms with Gasteiger partial charge in [-0.05, 0) is 155 Å². The summed E-state index contributed by atoms with van der Waals surface area (Å²) in [5.74, 6) is 0. The molecule has 0 fully saturated rings. The zero-order chi connectivity index (χ0) is 60.8. The third-order valence-electron chi connectivity index (χ3n) is 14.9. The number of rotatable bonds is 13. The van der Waals surface area contributed by atoms with Gasteiger partial charge in [-0.1, -0.05) is 370 Å². The molecule has 0 saturated heterocycles. The van der Waals surface area contributed by atoms with E-state index in [1.54, 1.807) is 0 Å². The Kier molecular flexibility index (Phi) is 24.8. The van der Waals surface area contributed by atoms with Crippen LogP contribution in [0.2, 0.25) is 0 Å². The standard InChI is InChI=1S/C42H36.C27H22.C8H10.C7H8.C3H8/c1-32-15-23-37(24-16-32)38-25-21-34(22-26-38)10-8-9-33-17-19-35(20-18-33)31-42(40-13-6-3-7-14-40)41-29-27-39(28-30-41)36-11-4-2-5-12-36;1-21-12-14-22(15-13-21)20-27(25-10-6-3-7-11-25)26-18-16-24(17-19-26)23-8-4-2-5-9-23;1-7-3-5-8(2)6-4-7;1-7-5-3-2-4-6-7;1-3-2/h2-7,11-31H,8-10H2,1H3;2-20H,1H3;3-6H,1-2H3;2-6H,1H3;3H2,1-2H3/b42-31+;27-20+;;;. The molecule has 432 valence electrons. The van der Waals surface area contributed by atoms with Crippen LogP contribution in [0.4, 0.5) is 0 Å². The van der Waals surface area contributed by atoms with Crippen molar-refractivity contribution in [3.8, 4) is 33.4 Å². The molecule has 0 N–H and O–H groups in total. The first kappa shape index (κ1) is 63.1. The van der Waals surface area contributed by atoms with Crippen LogP contribution in [0.25, 0.3) is 56.7 Å². The van der Waals surface area contributed by atoms with Gasteiger partial charge in [0.1, 0.15) is 0 Å². The highest BCUT2D eigenvalue weighted by Crippen LogP contribution is 2.31. The highest BCUT2D eigenvalue weighted by Gasteiger charge is 2.09. The molecule has 0 heteroatoms. The summed E-state index contributed by atoms with van der Waals surface area (Å²) in [6.45, 7) is 14.8. The average molecular weight is 1130 g/mol. The number of hydrogen-bond donors (Lipinski definition) is 0. The lowest BCUT2D eigenvalue weighted by Crippen LogP contribution is -1.91. The van der Waals surface area contributed by atoms with Crippen LogP contribution < -0.4 is 0 Å². The van der Waals surface area contributed by atoms with E-state index in [2.05, 4.69) is 364 Å². The molecule has 0 unspecified atom stereocenters. The summed E-state index contributed by atoms with van der Waals surface area (Å²) in [4.78, 5) is 0. The van der Waals surface area contributed by atoms with Gasteiger partial charge in [-0.2, -0.15) is 0 Å². The Bertz CT molecular complexity index is 3880. The fraction of sp³-hybridized carbons (Fsp3) is 0.126. The largest absolute Gasteiger partial charge is 0.0656 e. The van der Waals surface area contributed by atoms with Crippen LogP contribution in [-0.4, -0.2) is 0 Å². The van der Waals surface area contributed by atoms with Crippen LogP contribution in [0.5, 0.6) is 0 Å². The Labute approximate surface area is 521 Å². The van der Waals surface area contributed by atoms with Gasteiger partial charge in [0.05, 0.1) is 0 Å². The molecule has 0 amide bonds. The molecule has 0 spiro atoms. The second kappa shape index (κ2) is 34.2. The van der Waals surface area contributed by atoms with Crippen molar-refractivity contribution in [1.29, 1.82) is 0 Å². The molecular weight excluding hydrogens is 1040 g/mol. The summed E-state index contributed by atoms with van der Waals surface area (Å²) in [6.07, 6.45) is 9.14. The highest BCUT2D eigenvalue weighted by molar-refractivity contribution is 5.93. The molecule has 12 aromatic carbocycles. The highest BCUT2D eigenvalue weighted by atomic mass is 14.1. The van der Waals surface area contributed by atoms with E-state index in [9.17, 15) is 0 Å². The van der Waals surface area contributed by atoms with Gasteiger partial charge >= 0.3 is 0 Å². The minimum Gasteiger partial charge on any atom is -0.0656 e. The topological polar surface area (TPSA) is 0 Å². The predicted octanol–water partition coefficient (Wildman–Crippen LogP) is 24.1. The smallest absolute Gasteiger partial charge is 0.0105 e. The van der Waals surface area contributed by atoms with Crippen molar-refractivity contribution in [2.24, 2.45) is 0 Å². The maximum Gasteiger partial charge on any atom is -0.0105 e. The van der Waals surface area contributed by atoms with Gasteiger partial charge in [0.25, 0.3) is 0 Å². The molecule has 12 aromatic rings. The third-order valence-corrected chi connectivity index (χ3v) is 14.9. The van der Waals surface area contributed by atoms with Crippen molar-refractivity contribution in [3.05, 3.63) is 394 Å². The third kappa shape index (κ3) is 20.7. The lowest BCUT2D eigenvalue weighted by molar-refractivity contribution is 0.821. The van der Waals surface area contributed by atoms with Crippen LogP contribution in [0, 0.1) is 34.6 Å². The zero-order valence-electron chi connectivity index (χ0n) is 52.1. The molecule has 0 aliphatic rings. The van der Waals surface area contributed by atoms with Crippen LogP contribution in [0.3, 0.4) is 0 Å². The first-order valence-corrected chi connectivity index (χ1v) is 30.8. The monoisotopic (exact) mass is 1130 g/mol. The summed E-state index contributed by atoms with van der Waals surface area (Å²) in [5.41, 5.74) is 26.7. The fourth-order valence-corrected chi connectivity index (χ4v) is 9.90. The van der Waals surface area contributed by atoms with E-state index in [-0.39, 0.29) is 0 Å². The molecule has 0 heterocycles. The van der Waals surface area contributed by atoms with Crippen molar-refractivity contribution < 1.29 is 0 Å². The van der Waals surface area contributed by atoms with E-state index in [1.165, 1.54) is 123 Å². The first-order chi connectivity index (χ1) is 42.6. The van der Waals surface area contributed by atoms with Crippen LogP contribution in [0.1, 0.15) is 99.0 Å². The van der Waals surface area contributed by atoms with Gasteiger partial charge in [0, 0.05) is 0 Å². The summed E-state index contributed by atoms with van der Waals surface area (Å²) in [6, 6.07) is 114. The number of benzene rings is 12. The van der Waals surface area contributed by atoms with Crippen molar-refractivity contribution in [3.63, 3.8) is 0 Å².